The minimum absolute atomic E-state index is 0.100. The first-order valence-corrected chi connectivity index (χ1v) is 5.23. The summed E-state index contributed by atoms with van der Waals surface area (Å²) in [6.07, 6.45) is -0.135. The molecule has 1 aliphatic rings. The molecule has 15 heavy (non-hydrogen) atoms. The SMILES string of the molecule is CCOC(=O)[C@H](C)[C@@H]1OC(=O)N[C@H]1CC. The van der Waals surface area contributed by atoms with Crippen LogP contribution in [0.15, 0.2) is 0 Å². The Bertz CT molecular complexity index is 254. The average Bonchev–Trinajstić information content (AvgIpc) is 2.58. The molecule has 0 saturated carbocycles. The van der Waals surface area contributed by atoms with Crippen molar-refractivity contribution < 1.29 is 19.1 Å². The highest BCUT2D eigenvalue weighted by atomic mass is 16.6. The Labute approximate surface area is 89.1 Å². The fourth-order valence-electron chi connectivity index (χ4n) is 1.67. The number of ether oxygens (including phenoxy) is 2. The third-order valence-corrected chi connectivity index (χ3v) is 2.53. The lowest BCUT2D eigenvalue weighted by Gasteiger charge is -2.20. The molecule has 0 bridgehead atoms. The van der Waals surface area contributed by atoms with E-state index in [1.165, 1.54) is 0 Å². The number of esters is 1. The first kappa shape index (κ1) is 11.8. The van der Waals surface area contributed by atoms with Crippen molar-refractivity contribution in [1.82, 2.24) is 5.32 Å². The molecule has 1 fully saturated rings. The van der Waals surface area contributed by atoms with E-state index < -0.39 is 18.1 Å². The molecule has 1 amide bonds. The number of hydrogen-bond donors (Lipinski definition) is 1. The van der Waals surface area contributed by atoms with Gasteiger partial charge in [0.1, 0.15) is 6.10 Å². The first-order chi connectivity index (χ1) is 7.10. The predicted molar refractivity (Wildman–Crippen MR) is 53.3 cm³/mol. The van der Waals surface area contributed by atoms with Gasteiger partial charge in [0.25, 0.3) is 0 Å². The molecule has 1 rings (SSSR count). The fraction of sp³-hybridized carbons (Fsp3) is 0.800. The molecule has 1 aliphatic heterocycles. The molecule has 0 aliphatic carbocycles. The molecule has 5 heteroatoms. The average molecular weight is 215 g/mol. The van der Waals surface area contributed by atoms with E-state index in [1.807, 2.05) is 6.92 Å². The molecule has 0 spiro atoms. The lowest BCUT2D eigenvalue weighted by atomic mass is 9.97. The predicted octanol–water partition coefficient (Wildman–Crippen LogP) is 1.07. The van der Waals surface area contributed by atoms with Gasteiger partial charge in [0, 0.05) is 0 Å². The topological polar surface area (TPSA) is 64.6 Å². The zero-order valence-corrected chi connectivity index (χ0v) is 9.28. The summed E-state index contributed by atoms with van der Waals surface area (Å²) in [6.45, 7) is 5.74. The van der Waals surface area contributed by atoms with E-state index in [0.29, 0.717) is 6.61 Å². The third kappa shape index (κ3) is 2.61. The maximum absolute atomic E-state index is 11.5. The van der Waals surface area contributed by atoms with E-state index in [2.05, 4.69) is 5.32 Å². The molecular weight excluding hydrogens is 198 g/mol. The number of rotatable bonds is 4. The van der Waals surface area contributed by atoms with Crippen LogP contribution in [0.4, 0.5) is 4.79 Å². The van der Waals surface area contributed by atoms with Crippen molar-refractivity contribution >= 4 is 12.1 Å². The van der Waals surface area contributed by atoms with E-state index in [4.69, 9.17) is 9.47 Å². The van der Waals surface area contributed by atoms with E-state index in [0.717, 1.165) is 6.42 Å². The number of carbonyl (C=O) groups is 2. The van der Waals surface area contributed by atoms with Crippen LogP contribution in [0.2, 0.25) is 0 Å². The lowest BCUT2D eigenvalue weighted by molar-refractivity contribution is -0.150. The van der Waals surface area contributed by atoms with Crippen molar-refractivity contribution in [2.75, 3.05) is 6.61 Å². The molecule has 1 N–H and O–H groups in total. The summed E-state index contributed by atoms with van der Waals surface area (Å²) in [5.41, 5.74) is 0. The van der Waals surface area contributed by atoms with Gasteiger partial charge in [0.15, 0.2) is 0 Å². The third-order valence-electron chi connectivity index (χ3n) is 2.53. The minimum atomic E-state index is -0.456. The van der Waals surface area contributed by atoms with Gasteiger partial charge in [-0.15, -0.1) is 0 Å². The molecule has 86 valence electrons. The van der Waals surface area contributed by atoms with Crippen molar-refractivity contribution in [3.63, 3.8) is 0 Å². The highest BCUT2D eigenvalue weighted by molar-refractivity contribution is 5.76. The van der Waals surface area contributed by atoms with Gasteiger partial charge >= 0.3 is 12.1 Å². The summed E-state index contributed by atoms with van der Waals surface area (Å²) in [6, 6.07) is -0.100. The summed E-state index contributed by atoms with van der Waals surface area (Å²) >= 11 is 0. The van der Waals surface area contributed by atoms with E-state index >= 15 is 0 Å². The summed E-state index contributed by atoms with van der Waals surface area (Å²) in [5, 5.41) is 2.66. The first-order valence-electron chi connectivity index (χ1n) is 5.23. The number of alkyl carbamates (subject to hydrolysis) is 1. The van der Waals surface area contributed by atoms with Gasteiger partial charge in [0.2, 0.25) is 0 Å². The van der Waals surface area contributed by atoms with Crippen molar-refractivity contribution in [2.45, 2.75) is 39.3 Å². The van der Waals surface area contributed by atoms with Crippen LogP contribution in [0.5, 0.6) is 0 Å². The summed E-state index contributed by atoms with van der Waals surface area (Å²) in [7, 11) is 0. The Kier molecular flexibility index (Phi) is 3.94. The second-order valence-corrected chi connectivity index (χ2v) is 3.57. The van der Waals surface area contributed by atoms with Gasteiger partial charge in [-0.25, -0.2) is 4.79 Å². The van der Waals surface area contributed by atoms with Crippen molar-refractivity contribution in [2.24, 2.45) is 5.92 Å². The van der Waals surface area contributed by atoms with Crippen LogP contribution in [0, 0.1) is 5.92 Å². The summed E-state index contributed by atoms with van der Waals surface area (Å²) in [5.74, 6) is -0.744. The Morgan fingerprint density at radius 3 is 2.80 bits per heavy atom. The van der Waals surface area contributed by atoms with Gasteiger partial charge in [-0.2, -0.15) is 0 Å². The van der Waals surface area contributed by atoms with Crippen LogP contribution < -0.4 is 5.32 Å². The molecule has 1 heterocycles. The van der Waals surface area contributed by atoms with Crippen LogP contribution in [0.25, 0.3) is 0 Å². The van der Waals surface area contributed by atoms with Crippen LogP contribution >= 0.6 is 0 Å². The van der Waals surface area contributed by atoms with Gasteiger partial charge in [-0.05, 0) is 20.3 Å². The number of amides is 1. The zero-order chi connectivity index (χ0) is 11.4. The molecule has 5 nitrogen and oxygen atoms in total. The Morgan fingerprint density at radius 1 is 1.60 bits per heavy atom. The molecule has 3 atom stereocenters. The van der Waals surface area contributed by atoms with Gasteiger partial charge in [-0.1, -0.05) is 6.92 Å². The molecule has 0 radical (unpaired) electrons. The van der Waals surface area contributed by atoms with Crippen molar-refractivity contribution in [1.29, 1.82) is 0 Å². The summed E-state index contributed by atoms with van der Waals surface area (Å²) in [4.78, 5) is 22.5. The smallest absolute Gasteiger partial charge is 0.407 e. The van der Waals surface area contributed by atoms with Crippen molar-refractivity contribution in [3.8, 4) is 0 Å². The minimum Gasteiger partial charge on any atom is -0.466 e. The number of cyclic esters (lactones) is 1. The molecule has 0 aromatic carbocycles. The number of nitrogens with one attached hydrogen (secondary N) is 1. The van der Waals surface area contributed by atoms with Crippen LogP contribution in [-0.4, -0.2) is 30.8 Å². The van der Waals surface area contributed by atoms with Gasteiger partial charge in [-0.3, -0.25) is 4.79 Å². The molecule has 0 unspecified atom stereocenters. The van der Waals surface area contributed by atoms with Crippen LogP contribution in [-0.2, 0) is 14.3 Å². The lowest BCUT2D eigenvalue weighted by Crippen LogP contribution is -2.38. The largest absolute Gasteiger partial charge is 0.466 e. The molecule has 0 aromatic heterocycles. The second kappa shape index (κ2) is 5.00. The Morgan fingerprint density at radius 2 is 2.27 bits per heavy atom. The van der Waals surface area contributed by atoms with Crippen LogP contribution in [0.3, 0.4) is 0 Å². The van der Waals surface area contributed by atoms with Gasteiger partial charge in [0.05, 0.1) is 18.6 Å². The fourth-order valence-corrected chi connectivity index (χ4v) is 1.67. The highest BCUT2D eigenvalue weighted by Crippen LogP contribution is 2.20. The molecule has 0 aromatic rings. The monoisotopic (exact) mass is 215 g/mol. The number of hydrogen-bond acceptors (Lipinski definition) is 4. The standard InChI is InChI=1S/C10H17NO4/c1-4-7-8(15-10(13)11-7)6(3)9(12)14-5-2/h6-8H,4-5H2,1-3H3,(H,11,13)/t6-,7+,8+/m1/s1. The Balaban J connectivity index is 2.61. The number of carbonyl (C=O) groups excluding carboxylic acids is 2. The van der Waals surface area contributed by atoms with Crippen molar-refractivity contribution in [3.05, 3.63) is 0 Å². The highest BCUT2D eigenvalue weighted by Gasteiger charge is 2.40. The normalized spacial score (nSPS) is 26.7. The molecule has 1 saturated heterocycles. The maximum atomic E-state index is 11.5. The van der Waals surface area contributed by atoms with E-state index in [1.54, 1.807) is 13.8 Å². The van der Waals surface area contributed by atoms with Crippen LogP contribution in [0.1, 0.15) is 27.2 Å². The second-order valence-electron chi connectivity index (χ2n) is 3.57. The maximum Gasteiger partial charge on any atom is 0.407 e. The molecular formula is C10H17NO4. The summed E-state index contributed by atoms with van der Waals surface area (Å²) < 4.78 is 9.93. The van der Waals surface area contributed by atoms with Gasteiger partial charge < -0.3 is 14.8 Å². The zero-order valence-electron chi connectivity index (χ0n) is 9.28. The van der Waals surface area contributed by atoms with E-state index in [-0.39, 0.29) is 12.0 Å². The quantitative estimate of drug-likeness (QED) is 0.712. The van der Waals surface area contributed by atoms with E-state index in [9.17, 15) is 9.59 Å². The Hall–Kier alpha value is -1.26.